The first kappa shape index (κ1) is 20.6. The molecule has 0 heterocycles. The minimum absolute atomic E-state index is 0.0574. The molecule has 0 saturated heterocycles. The highest BCUT2D eigenvalue weighted by atomic mass is 32.2. The van der Waals surface area contributed by atoms with Crippen molar-refractivity contribution in [3.63, 3.8) is 0 Å². The number of sulfone groups is 1. The number of hydrogen-bond donors (Lipinski definition) is 1. The molecule has 0 aliphatic heterocycles. The van der Waals surface area contributed by atoms with Gasteiger partial charge in [0.2, 0.25) is 5.91 Å². The van der Waals surface area contributed by atoms with Crippen LogP contribution in [-0.4, -0.2) is 47.2 Å². The fourth-order valence-electron chi connectivity index (χ4n) is 2.36. The van der Waals surface area contributed by atoms with E-state index in [1.54, 1.807) is 49.6 Å². The molecule has 146 valence electrons. The van der Waals surface area contributed by atoms with Crippen LogP contribution in [0.25, 0.3) is 0 Å². The van der Waals surface area contributed by atoms with Gasteiger partial charge in [-0.15, -0.1) is 0 Å². The third kappa shape index (κ3) is 6.82. The predicted octanol–water partition coefficient (Wildman–Crippen LogP) is 2.31. The van der Waals surface area contributed by atoms with E-state index in [0.717, 1.165) is 11.8 Å². The number of benzene rings is 2. The Kier molecular flexibility index (Phi) is 7.06. The minimum atomic E-state index is -3.08. The number of rotatable bonds is 9. The first-order chi connectivity index (χ1) is 12.8. The first-order valence-corrected chi connectivity index (χ1v) is 10.3. The summed E-state index contributed by atoms with van der Waals surface area (Å²) in [6.07, 6.45) is 1.32. The molecule has 0 aliphatic rings. The molecule has 0 fully saturated rings. The monoisotopic (exact) mass is 393 g/mol. The number of nitrogens with one attached hydrogen (secondary N) is 1. The van der Waals surface area contributed by atoms with Gasteiger partial charge < -0.3 is 19.5 Å². The molecule has 2 rings (SSSR count). The molecule has 7 nitrogen and oxygen atoms in total. The largest absolute Gasteiger partial charge is 0.493 e. The Hall–Kier alpha value is -2.74. The topological polar surface area (TPSA) is 90.9 Å². The number of methoxy groups -OCH3 is 2. The highest BCUT2D eigenvalue weighted by Gasteiger charge is 2.09. The summed E-state index contributed by atoms with van der Waals surface area (Å²) in [5.41, 5.74) is 1.35. The third-order valence-electron chi connectivity index (χ3n) is 3.65. The van der Waals surface area contributed by atoms with Crippen molar-refractivity contribution >= 4 is 21.4 Å². The molecule has 0 aromatic heterocycles. The summed E-state index contributed by atoms with van der Waals surface area (Å²) < 4.78 is 38.1. The van der Waals surface area contributed by atoms with Crippen molar-refractivity contribution in [3.05, 3.63) is 48.0 Å². The van der Waals surface area contributed by atoms with E-state index in [0.29, 0.717) is 22.9 Å². The molecule has 0 spiro atoms. The lowest BCUT2D eigenvalue weighted by atomic mass is 10.1. The van der Waals surface area contributed by atoms with Gasteiger partial charge in [0, 0.05) is 18.0 Å². The van der Waals surface area contributed by atoms with Gasteiger partial charge in [-0.05, 0) is 29.8 Å². The quantitative estimate of drug-likeness (QED) is 0.703. The number of hydrogen-bond acceptors (Lipinski definition) is 6. The summed E-state index contributed by atoms with van der Waals surface area (Å²) >= 11 is 0. The SMILES string of the molecule is COc1ccc(CC(=O)Nc2cccc(OCCS(C)(=O)=O)c2)cc1OC. The van der Waals surface area contributed by atoms with Gasteiger partial charge in [-0.1, -0.05) is 12.1 Å². The molecule has 0 unspecified atom stereocenters. The number of carbonyl (C=O) groups is 1. The summed E-state index contributed by atoms with van der Waals surface area (Å²) in [5.74, 6) is 1.38. The molecule has 27 heavy (non-hydrogen) atoms. The molecule has 2 aromatic rings. The van der Waals surface area contributed by atoms with Crippen molar-refractivity contribution < 1.29 is 27.4 Å². The smallest absolute Gasteiger partial charge is 0.228 e. The fraction of sp³-hybridized carbons (Fsp3) is 0.316. The van der Waals surface area contributed by atoms with Gasteiger partial charge in [0.1, 0.15) is 12.4 Å². The lowest BCUT2D eigenvalue weighted by Crippen LogP contribution is -2.15. The number of anilines is 1. The van der Waals surface area contributed by atoms with Gasteiger partial charge in [-0.3, -0.25) is 4.79 Å². The highest BCUT2D eigenvalue weighted by Crippen LogP contribution is 2.27. The van der Waals surface area contributed by atoms with E-state index < -0.39 is 9.84 Å². The van der Waals surface area contributed by atoms with Crippen LogP contribution in [-0.2, 0) is 21.1 Å². The summed E-state index contributed by atoms with van der Waals surface area (Å²) in [7, 11) is 0.00673. The van der Waals surface area contributed by atoms with Crippen molar-refractivity contribution in [2.24, 2.45) is 0 Å². The van der Waals surface area contributed by atoms with E-state index >= 15 is 0 Å². The first-order valence-electron chi connectivity index (χ1n) is 8.22. The van der Waals surface area contributed by atoms with Crippen molar-refractivity contribution in [3.8, 4) is 17.2 Å². The highest BCUT2D eigenvalue weighted by molar-refractivity contribution is 7.90. The van der Waals surface area contributed by atoms with Crippen LogP contribution in [0.2, 0.25) is 0 Å². The Bertz CT molecular complexity index is 895. The standard InChI is InChI=1S/C19H23NO6S/c1-24-17-8-7-14(11-18(17)25-2)12-19(21)20-15-5-4-6-16(13-15)26-9-10-27(3,22)23/h4-8,11,13H,9-10,12H2,1-3H3,(H,20,21). The van der Waals surface area contributed by atoms with E-state index in [2.05, 4.69) is 5.32 Å². The van der Waals surface area contributed by atoms with Gasteiger partial charge in [0.05, 0.1) is 26.4 Å². The molecule has 8 heteroatoms. The normalized spacial score (nSPS) is 10.9. The van der Waals surface area contributed by atoms with E-state index in [-0.39, 0.29) is 24.7 Å². The second-order valence-electron chi connectivity index (χ2n) is 5.92. The Morgan fingerprint density at radius 2 is 1.78 bits per heavy atom. The van der Waals surface area contributed by atoms with E-state index in [9.17, 15) is 13.2 Å². The van der Waals surface area contributed by atoms with Crippen LogP contribution in [0, 0.1) is 0 Å². The summed E-state index contributed by atoms with van der Waals surface area (Å²) in [5, 5.41) is 2.79. The fourth-order valence-corrected chi connectivity index (χ4v) is 2.74. The second-order valence-corrected chi connectivity index (χ2v) is 8.18. The van der Waals surface area contributed by atoms with Crippen molar-refractivity contribution in [1.29, 1.82) is 0 Å². The zero-order valence-electron chi connectivity index (χ0n) is 15.5. The molecule has 2 aromatic carbocycles. The molecule has 1 amide bonds. The molecular weight excluding hydrogens is 370 g/mol. The minimum Gasteiger partial charge on any atom is -0.493 e. The molecule has 1 N–H and O–H groups in total. The van der Waals surface area contributed by atoms with Crippen LogP contribution >= 0.6 is 0 Å². The maximum atomic E-state index is 12.3. The van der Waals surface area contributed by atoms with Crippen LogP contribution in [0.15, 0.2) is 42.5 Å². The molecule has 0 atom stereocenters. The number of carbonyl (C=O) groups excluding carboxylic acids is 1. The third-order valence-corrected chi connectivity index (χ3v) is 4.56. The molecule has 0 bridgehead atoms. The lowest BCUT2D eigenvalue weighted by Gasteiger charge is -2.11. The molecule has 0 radical (unpaired) electrons. The zero-order valence-corrected chi connectivity index (χ0v) is 16.3. The Balaban J connectivity index is 1.96. The maximum Gasteiger partial charge on any atom is 0.228 e. The average molecular weight is 393 g/mol. The van der Waals surface area contributed by atoms with Gasteiger partial charge in [-0.25, -0.2) is 8.42 Å². The van der Waals surface area contributed by atoms with Gasteiger partial charge in [-0.2, -0.15) is 0 Å². The van der Waals surface area contributed by atoms with Crippen molar-refractivity contribution in [2.45, 2.75) is 6.42 Å². The van der Waals surface area contributed by atoms with Crippen LogP contribution < -0.4 is 19.5 Å². The van der Waals surface area contributed by atoms with Gasteiger partial charge >= 0.3 is 0 Å². The molecule has 0 aliphatic carbocycles. The summed E-state index contributed by atoms with van der Waals surface area (Å²) in [4.78, 5) is 12.3. The molecular formula is C19H23NO6S. The van der Waals surface area contributed by atoms with Crippen molar-refractivity contribution in [1.82, 2.24) is 0 Å². The van der Waals surface area contributed by atoms with E-state index in [4.69, 9.17) is 14.2 Å². The summed E-state index contributed by atoms with van der Waals surface area (Å²) in [6.45, 7) is 0.0574. The Labute approximate surface area is 159 Å². The van der Waals surface area contributed by atoms with Gasteiger partial charge in [0.15, 0.2) is 21.3 Å². The van der Waals surface area contributed by atoms with E-state index in [1.807, 2.05) is 0 Å². The van der Waals surface area contributed by atoms with Crippen LogP contribution in [0.5, 0.6) is 17.2 Å². The van der Waals surface area contributed by atoms with Gasteiger partial charge in [0.25, 0.3) is 0 Å². The number of ether oxygens (including phenoxy) is 3. The average Bonchev–Trinajstić information content (AvgIpc) is 2.60. The lowest BCUT2D eigenvalue weighted by molar-refractivity contribution is -0.115. The Morgan fingerprint density at radius 1 is 1.04 bits per heavy atom. The van der Waals surface area contributed by atoms with Crippen molar-refractivity contribution in [2.75, 3.05) is 38.2 Å². The molecule has 0 saturated carbocycles. The predicted molar refractivity (Wildman–Crippen MR) is 104 cm³/mol. The zero-order chi connectivity index (χ0) is 19.9. The Morgan fingerprint density at radius 3 is 2.44 bits per heavy atom. The number of amides is 1. The van der Waals surface area contributed by atoms with Crippen LogP contribution in [0.3, 0.4) is 0 Å². The summed E-state index contributed by atoms with van der Waals surface area (Å²) in [6, 6.07) is 12.1. The van der Waals surface area contributed by atoms with Crippen LogP contribution in [0.4, 0.5) is 5.69 Å². The van der Waals surface area contributed by atoms with E-state index in [1.165, 1.54) is 7.11 Å². The maximum absolute atomic E-state index is 12.3. The van der Waals surface area contributed by atoms with Crippen LogP contribution in [0.1, 0.15) is 5.56 Å². The second kappa shape index (κ2) is 9.27.